The van der Waals surface area contributed by atoms with E-state index in [0.717, 1.165) is 11.1 Å². The Morgan fingerprint density at radius 1 is 1.00 bits per heavy atom. The number of aliphatic hydroxyl groups excluding tert-OH is 1. The van der Waals surface area contributed by atoms with Crippen molar-refractivity contribution in [3.05, 3.63) is 82.7 Å². The third-order valence-corrected chi connectivity index (χ3v) is 6.64. The maximum Gasteiger partial charge on any atom is 0.295 e. The number of aliphatic hydroxyl groups is 1. The molecule has 1 saturated heterocycles. The lowest BCUT2D eigenvalue weighted by Gasteiger charge is -2.26. The van der Waals surface area contributed by atoms with Gasteiger partial charge in [-0.2, -0.15) is 0 Å². The number of carbonyl (C=O) groups is 2. The predicted molar refractivity (Wildman–Crippen MR) is 150 cm³/mol. The Morgan fingerprint density at radius 2 is 1.70 bits per heavy atom. The van der Waals surface area contributed by atoms with E-state index in [4.69, 9.17) is 18.9 Å². The van der Waals surface area contributed by atoms with E-state index < -0.39 is 17.7 Å². The molecule has 1 aromatic heterocycles. The van der Waals surface area contributed by atoms with Gasteiger partial charge in [0.2, 0.25) is 5.75 Å². The summed E-state index contributed by atoms with van der Waals surface area (Å²) in [7, 11) is 4.46. The van der Waals surface area contributed by atoms with Crippen LogP contribution in [-0.2, 0) is 16.1 Å². The molecule has 1 unspecified atom stereocenters. The topological polar surface area (TPSA) is 107 Å². The minimum atomic E-state index is -0.939. The lowest BCUT2D eigenvalue weighted by atomic mass is 9.94. The summed E-state index contributed by atoms with van der Waals surface area (Å²) >= 11 is 0. The number of ether oxygens (including phenoxy) is 4. The SMILES string of the molecule is COc1cc(C2/C(=C(\O)c3ccc(OCC(C)C)c(C)c3)C(=O)C(=O)N2Cc2cccnc2)cc(OC)c1OC. The van der Waals surface area contributed by atoms with Crippen molar-refractivity contribution in [1.82, 2.24) is 9.88 Å². The minimum absolute atomic E-state index is 0.0431. The maximum atomic E-state index is 13.5. The molecule has 1 fully saturated rings. The number of hydrogen-bond acceptors (Lipinski definition) is 8. The summed E-state index contributed by atoms with van der Waals surface area (Å²) < 4.78 is 22.4. The summed E-state index contributed by atoms with van der Waals surface area (Å²) in [6.07, 6.45) is 3.26. The molecule has 9 heteroatoms. The number of hydrogen-bond donors (Lipinski definition) is 1. The van der Waals surface area contributed by atoms with Crippen LogP contribution in [-0.4, -0.2) is 54.6 Å². The number of pyridine rings is 1. The van der Waals surface area contributed by atoms with Crippen LogP contribution in [0.4, 0.5) is 0 Å². The summed E-state index contributed by atoms with van der Waals surface area (Å²) in [6, 6.07) is 11.2. The average Bonchev–Trinajstić information content (AvgIpc) is 3.20. The summed E-state index contributed by atoms with van der Waals surface area (Å²) in [6.45, 7) is 6.63. The van der Waals surface area contributed by atoms with Gasteiger partial charge in [0.25, 0.3) is 11.7 Å². The first-order valence-electron chi connectivity index (χ1n) is 12.9. The molecule has 0 aliphatic carbocycles. The minimum Gasteiger partial charge on any atom is -0.507 e. The van der Waals surface area contributed by atoms with Gasteiger partial charge in [0.1, 0.15) is 11.5 Å². The Labute approximate surface area is 234 Å². The van der Waals surface area contributed by atoms with Crippen LogP contribution in [0.3, 0.4) is 0 Å². The summed E-state index contributed by atoms with van der Waals surface area (Å²) in [4.78, 5) is 32.5. The first kappa shape index (κ1) is 28.5. The number of aromatic nitrogens is 1. The number of carbonyl (C=O) groups excluding carboxylic acids is 2. The van der Waals surface area contributed by atoms with Crippen molar-refractivity contribution < 1.29 is 33.6 Å². The molecule has 3 aromatic rings. The van der Waals surface area contributed by atoms with E-state index in [0.29, 0.717) is 46.6 Å². The molecule has 2 aromatic carbocycles. The molecule has 4 rings (SSSR count). The summed E-state index contributed by atoms with van der Waals surface area (Å²) in [5.74, 6) is 0.286. The summed E-state index contributed by atoms with van der Waals surface area (Å²) in [5.41, 5.74) is 2.38. The van der Waals surface area contributed by atoms with Crippen molar-refractivity contribution in [3.63, 3.8) is 0 Å². The lowest BCUT2D eigenvalue weighted by Crippen LogP contribution is -2.29. The van der Waals surface area contributed by atoms with Gasteiger partial charge in [-0.15, -0.1) is 0 Å². The zero-order valence-electron chi connectivity index (χ0n) is 23.6. The van der Waals surface area contributed by atoms with Gasteiger partial charge in [0, 0.05) is 24.5 Å². The van der Waals surface area contributed by atoms with Crippen LogP contribution in [0.1, 0.15) is 42.1 Å². The van der Waals surface area contributed by atoms with Crippen molar-refractivity contribution in [1.29, 1.82) is 0 Å². The molecule has 1 amide bonds. The first-order chi connectivity index (χ1) is 19.2. The Hall–Kier alpha value is -4.53. The second-order valence-corrected chi connectivity index (χ2v) is 9.93. The molecule has 1 atom stereocenters. The van der Waals surface area contributed by atoms with E-state index in [2.05, 4.69) is 18.8 Å². The molecule has 0 bridgehead atoms. The number of ketones is 1. The van der Waals surface area contributed by atoms with Gasteiger partial charge in [0.15, 0.2) is 11.5 Å². The second-order valence-electron chi connectivity index (χ2n) is 9.93. The Kier molecular flexibility index (Phi) is 8.62. The number of Topliss-reactive ketones (excluding diaryl/α,β-unsaturated/α-hetero) is 1. The van der Waals surface area contributed by atoms with E-state index in [1.165, 1.54) is 26.2 Å². The fourth-order valence-electron chi connectivity index (χ4n) is 4.71. The Bertz CT molecular complexity index is 1410. The van der Waals surface area contributed by atoms with Crippen LogP contribution in [0.2, 0.25) is 0 Å². The molecule has 1 aliphatic heterocycles. The number of likely N-dealkylation sites (tertiary alicyclic amines) is 1. The third kappa shape index (κ3) is 5.59. The molecular weight excluding hydrogens is 512 g/mol. The smallest absolute Gasteiger partial charge is 0.295 e. The molecule has 1 N–H and O–H groups in total. The lowest BCUT2D eigenvalue weighted by molar-refractivity contribution is -0.140. The van der Waals surface area contributed by atoms with Gasteiger partial charge in [-0.3, -0.25) is 14.6 Å². The van der Waals surface area contributed by atoms with Crippen molar-refractivity contribution in [2.24, 2.45) is 5.92 Å². The highest BCUT2D eigenvalue weighted by Crippen LogP contribution is 2.46. The molecule has 9 nitrogen and oxygen atoms in total. The van der Waals surface area contributed by atoms with Gasteiger partial charge in [-0.05, 0) is 65.9 Å². The number of aryl methyl sites for hydroxylation is 1. The molecule has 1 aliphatic rings. The van der Waals surface area contributed by atoms with Crippen LogP contribution in [0.15, 0.2) is 60.4 Å². The van der Waals surface area contributed by atoms with Crippen LogP contribution in [0.5, 0.6) is 23.0 Å². The largest absolute Gasteiger partial charge is 0.507 e. The Morgan fingerprint density at radius 3 is 2.25 bits per heavy atom. The normalized spacial score (nSPS) is 16.4. The third-order valence-electron chi connectivity index (χ3n) is 6.64. The highest BCUT2D eigenvalue weighted by molar-refractivity contribution is 6.46. The van der Waals surface area contributed by atoms with E-state index in [1.54, 1.807) is 48.8 Å². The molecule has 2 heterocycles. The predicted octanol–water partition coefficient (Wildman–Crippen LogP) is 5.07. The molecule has 0 saturated carbocycles. The molecule has 210 valence electrons. The zero-order valence-corrected chi connectivity index (χ0v) is 23.6. The van der Waals surface area contributed by atoms with Gasteiger partial charge in [-0.1, -0.05) is 19.9 Å². The van der Waals surface area contributed by atoms with Gasteiger partial charge < -0.3 is 29.0 Å². The van der Waals surface area contributed by atoms with Gasteiger partial charge >= 0.3 is 0 Å². The maximum absolute atomic E-state index is 13.5. The average molecular weight is 547 g/mol. The highest BCUT2D eigenvalue weighted by atomic mass is 16.5. The van der Waals surface area contributed by atoms with Crippen LogP contribution < -0.4 is 18.9 Å². The molecular formula is C31H34N2O7. The number of amides is 1. The van der Waals surface area contributed by atoms with Crippen LogP contribution >= 0.6 is 0 Å². The molecule has 0 spiro atoms. The van der Waals surface area contributed by atoms with Crippen LogP contribution in [0.25, 0.3) is 5.76 Å². The summed E-state index contributed by atoms with van der Waals surface area (Å²) in [5, 5.41) is 11.6. The van der Waals surface area contributed by atoms with E-state index in [9.17, 15) is 14.7 Å². The fourth-order valence-corrected chi connectivity index (χ4v) is 4.71. The van der Waals surface area contributed by atoms with Crippen molar-refractivity contribution >= 4 is 17.4 Å². The number of nitrogens with zero attached hydrogens (tertiary/aromatic N) is 2. The number of rotatable bonds is 10. The van der Waals surface area contributed by atoms with Gasteiger partial charge in [0.05, 0.1) is 39.6 Å². The molecule has 40 heavy (non-hydrogen) atoms. The number of benzene rings is 2. The Balaban J connectivity index is 1.88. The van der Waals surface area contributed by atoms with Crippen molar-refractivity contribution in [3.8, 4) is 23.0 Å². The van der Waals surface area contributed by atoms with Crippen molar-refractivity contribution in [2.75, 3.05) is 27.9 Å². The zero-order chi connectivity index (χ0) is 29.0. The first-order valence-corrected chi connectivity index (χ1v) is 12.9. The van der Waals surface area contributed by atoms with E-state index in [1.807, 2.05) is 13.0 Å². The van der Waals surface area contributed by atoms with Crippen molar-refractivity contribution in [2.45, 2.75) is 33.4 Å². The van der Waals surface area contributed by atoms with Crippen LogP contribution in [0, 0.1) is 12.8 Å². The number of methoxy groups -OCH3 is 3. The van der Waals surface area contributed by atoms with E-state index >= 15 is 0 Å². The fraction of sp³-hybridized carbons (Fsp3) is 0.323. The second kappa shape index (κ2) is 12.1. The quantitative estimate of drug-likeness (QED) is 0.213. The molecule has 0 radical (unpaired) electrons. The standard InChI is InChI=1S/C31H34N2O7/c1-18(2)17-40-23-10-9-21(12-19(23)3)28(34)26-27(22-13-24(37-4)30(39-6)25(14-22)38-5)33(31(36)29(26)35)16-20-8-7-11-32-15-20/h7-15,18,27,34H,16-17H2,1-6H3/b28-26+. The highest BCUT2D eigenvalue weighted by Gasteiger charge is 2.46. The van der Waals surface area contributed by atoms with E-state index in [-0.39, 0.29) is 17.9 Å². The van der Waals surface area contributed by atoms with Gasteiger partial charge in [-0.25, -0.2) is 0 Å². The monoisotopic (exact) mass is 546 g/mol.